The van der Waals surface area contributed by atoms with Crippen LogP contribution in [-0.2, 0) is 16.0 Å². The minimum atomic E-state index is 0.0138. The Kier molecular flexibility index (Phi) is 7.40. The minimum Gasteiger partial charge on any atom is -0.356 e. The second kappa shape index (κ2) is 9.13. The molecule has 0 aliphatic rings. The van der Waals surface area contributed by atoms with Crippen LogP contribution in [0.25, 0.3) is 0 Å². The normalized spacial score (nSPS) is 10.1. The number of rotatable bonds is 8. The molecule has 1 rings (SSSR count). The molecule has 2 amide bonds. The second-order valence-corrected chi connectivity index (χ2v) is 4.89. The van der Waals surface area contributed by atoms with Gasteiger partial charge in [-0.3, -0.25) is 9.59 Å². The molecular formula is C16H24N2O2. The smallest absolute Gasteiger partial charge is 0.220 e. The highest BCUT2D eigenvalue weighted by molar-refractivity contribution is 5.78. The van der Waals surface area contributed by atoms with Crippen LogP contribution in [0.15, 0.2) is 24.3 Å². The molecular weight excluding hydrogens is 252 g/mol. The van der Waals surface area contributed by atoms with E-state index in [4.69, 9.17) is 0 Å². The van der Waals surface area contributed by atoms with Gasteiger partial charge in [-0.25, -0.2) is 0 Å². The predicted octanol–water partition coefficient (Wildman–Crippen LogP) is 1.96. The van der Waals surface area contributed by atoms with Crippen molar-refractivity contribution in [2.45, 2.75) is 39.5 Å². The summed E-state index contributed by atoms with van der Waals surface area (Å²) in [5, 5.41) is 5.60. The molecule has 2 N–H and O–H groups in total. The summed E-state index contributed by atoms with van der Waals surface area (Å²) in [6, 6.07) is 8.31. The Bertz CT molecular complexity index is 427. The van der Waals surface area contributed by atoms with Crippen molar-refractivity contribution in [1.82, 2.24) is 10.6 Å². The Morgan fingerprint density at radius 1 is 1.00 bits per heavy atom. The van der Waals surface area contributed by atoms with Crippen LogP contribution in [0, 0.1) is 6.92 Å². The van der Waals surface area contributed by atoms with Gasteiger partial charge in [-0.15, -0.1) is 0 Å². The number of amides is 2. The van der Waals surface area contributed by atoms with Gasteiger partial charge in [-0.05, 0) is 32.3 Å². The summed E-state index contributed by atoms with van der Waals surface area (Å²) in [4.78, 5) is 22.8. The average Bonchev–Trinajstić information content (AvgIpc) is 2.41. The predicted molar refractivity (Wildman–Crippen MR) is 80.4 cm³/mol. The number of hydrogen-bond donors (Lipinski definition) is 2. The van der Waals surface area contributed by atoms with Gasteiger partial charge < -0.3 is 10.6 Å². The van der Waals surface area contributed by atoms with Gasteiger partial charge in [-0.1, -0.05) is 29.8 Å². The Morgan fingerprint density at radius 3 is 2.20 bits per heavy atom. The van der Waals surface area contributed by atoms with Crippen LogP contribution in [0.5, 0.6) is 0 Å². The Balaban J connectivity index is 2.11. The molecule has 0 aliphatic carbocycles. The fourth-order valence-electron chi connectivity index (χ4n) is 1.88. The molecule has 0 aromatic heterocycles. The fourth-order valence-corrected chi connectivity index (χ4v) is 1.88. The minimum absolute atomic E-state index is 0.0138. The highest BCUT2D eigenvalue weighted by Crippen LogP contribution is 2.03. The van der Waals surface area contributed by atoms with Gasteiger partial charge in [0.1, 0.15) is 0 Å². The fraction of sp³-hybridized carbons (Fsp3) is 0.500. The molecule has 0 saturated carbocycles. The number of benzene rings is 1. The van der Waals surface area contributed by atoms with Gasteiger partial charge in [0.05, 0.1) is 0 Å². The lowest BCUT2D eigenvalue weighted by Crippen LogP contribution is -2.26. The van der Waals surface area contributed by atoms with E-state index in [-0.39, 0.29) is 11.8 Å². The molecule has 0 unspecified atom stereocenters. The quantitative estimate of drug-likeness (QED) is 0.762. The van der Waals surface area contributed by atoms with E-state index in [1.54, 1.807) is 0 Å². The molecule has 1 aromatic rings. The monoisotopic (exact) mass is 276 g/mol. The molecule has 0 radical (unpaired) electrons. The molecule has 0 heterocycles. The van der Waals surface area contributed by atoms with Crippen LogP contribution in [0.3, 0.4) is 0 Å². The lowest BCUT2D eigenvalue weighted by Gasteiger charge is -2.06. The SMILES string of the molecule is CCNC(=O)CCCC(=O)NCCc1ccc(C)cc1. The Labute approximate surface area is 121 Å². The van der Waals surface area contributed by atoms with Crippen molar-refractivity contribution in [2.24, 2.45) is 0 Å². The summed E-state index contributed by atoms with van der Waals surface area (Å²) >= 11 is 0. The van der Waals surface area contributed by atoms with E-state index in [0.29, 0.717) is 32.4 Å². The van der Waals surface area contributed by atoms with Crippen LogP contribution in [-0.4, -0.2) is 24.9 Å². The van der Waals surface area contributed by atoms with E-state index in [9.17, 15) is 9.59 Å². The number of nitrogens with one attached hydrogen (secondary N) is 2. The first kappa shape index (κ1) is 16.2. The first-order valence-electron chi connectivity index (χ1n) is 7.20. The zero-order valence-electron chi connectivity index (χ0n) is 12.4. The molecule has 0 spiro atoms. The first-order chi connectivity index (χ1) is 9.61. The largest absolute Gasteiger partial charge is 0.356 e. The molecule has 20 heavy (non-hydrogen) atoms. The molecule has 4 heteroatoms. The van der Waals surface area contributed by atoms with Crippen molar-refractivity contribution in [2.75, 3.05) is 13.1 Å². The van der Waals surface area contributed by atoms with Crippen molar-refractivity contribution in [3.8, 4) is 0 Å². The molecule has 1 aromatic carbocycles. The van der Waals surface area contributed by atoms with Crippen molar-refractivity contribution < 1.29 is 9.59 Å². The summed E-state index contributed by atoms with van der Waals surface area (Å²) in [6.45, 7) is 5.22. The molecule has 0 aliphatic heterocycles. The third-order valence-electron chi connectivity index (χ3n) is 3.04. The maximum atomic E-state index is 11.6. The Hall–Kier alpha value is -1.84. The van der Waals surface area contributed by atoms with E-state index >= 15 is 0 Å². The molecule has 4 nitrogen and oxygen atoms in total. The van der Waals surface area contributed by atoms with Gasteiger partial charge in [0.25, 0.3) is 0 Å². The Morgan fingerprint density at radius 2 is 1.60 bits per heavy atom. The molecule has 0 fully saturated rings. The van der Waals surface area contributed by atoms with Crippen LogP contribution in [0.4, 0.5) is 0 Å². The van der Waals surface area contributed by atoms with Crippen molar-refractivity contribution in [3.63, 3.8) is 0 Å². The second-order valence-electron chi connectivity index (χ2n) is 4.89. The van der Waals surface area contributed by atoms with E-state index < -0.39 is 0 Å². The lowest BCUT2D eigenvalue weighted by molar-refractivity contribution is -0.122. The summed E-state index contributed by atoms with van der Waals surface area (Å²) in [5.41, 5.74) is 2.46. The highest BCUT2D eigenvalue weighted by atomic mass is 16.2. The zero-order chi connectivity index (χ0) is 14.8. The van der Waals surface area contributed by atoms with E-state index in [2.05, 4.69) is 41.8 Å². The van der Waals surface area contributed by atoms with Crippen molar-refractivity contribution in [1.29, 1.82) is 0 Å². The maximum absolute atomic E-state index is 11.6. The van der Waals surface area contributed by atoms with Crippen LogP contribution >= 0.6 is 0 Å². The number of hydrogen-bond acceptors (Lipinski definition) is 2. The zero-order valence-corrected chi connectivity index (χ0v) is 12.4. The van der Waals surface area contributed by atoms with E-state index in [1.807, 2.05) is 6.92 Å². The number of aryl methyl sites for hydroxylation is 1. The van der Waals surface area contributed by atoms with E-state index in [0.717, 1.165) is 6.42 Å². The molecule has 0 saturated heterocycles. The van der Waals surface area contributed by atoms with Crippen LogP contribution < -0.4 is 10.6 Å². The van der Waals surface area contributed by atoms with Crippen molar-refractivity contribution in [3.05, 3.63) is 35.4 Å². The van der Waals surface area contributed by atoms with Gasteiger partial charge in [-0.2, -0.15) is 0 Å². The van der Waals surface area contributed by atoms with Crippen LogP contribution in [0.1, 0.15) is 37.3 Å². The average molecular weight is 276 g/mol. The standard InChI is InChI=1S/C16H24N2O2/c1-3-17-15(19)5-4-6-16(20)18-12-11-14-9-7-13(2)8-10-14/h7-10H,3-6,11-12H2,1-2H3,(H,17,19)(H,18,20). The molecule has 0 bridgehead atoms. The van der Waals surface area contributed by atoms with Gasteiger partial charge >= 0.3 is 0 Å². The van der Waals surface area contributed by atoms with Gasteiger partial charge in [0, 0.05) is 25.9 Å². The summed E-state index contributed by atoms with van der Waals surface area (Å²) in [5.74, 6) is 0.0290. The molecule has 110 valence electrons. The number of carbonyl (C=O) groups excluding carboxylic acids is 2. The summed E-state index contributed by atoms with van der Waals surface area (Å²) < 4.78 is 0. The lowest BCUT2D eigenvalue weighted by atomic mass is 10.1. The summed E-state index contributed by atoms with van der Waals surface area (Å²) in [6.07, 6.45) is 2.26. The van der Waals surface area contributed by atoms with Gasteiger partial charge in [0.15, 0.2) is 0 Å². The van der Waals surface area contributed by atoms with Gasteiger partial charge in [0.2, 0.25) is 11.8 Å². The number of carbonyl (C=O) groups is 2. The van der Waals surface area contributed by atoms with Crippen LogP contribution in [0.2, 0.25) is 0 Å². The highest BCUT2D eigenvalue weighted by Gasteiger charge is 2.04. The molecule has 0 atom stereocenters. The third-order valence-corrected chi connectivity index (χ3v) is 3.04. The topological polar surface area (TPSA) is 58.2 Å². The van der Waals surface area contributed by atoms with Crippen molar-refractivity contribution >= 4 is 11.8 Å². The van der Waals surface area contributed by atoms with E-state index in [1.165, 1.54) is 11.1 Å². The third kappa shape index (κ3) is 6.92. The maximum Gasteiger partial charge on any atom is 0.220 e. The first-order valence-corrected chi connectivity index (χ1v) is 7.20. The summed E-state index contributed by atoms with van der Waals surface area (Å²) in [7, 11) is 0.